The molecule has 0 aromatic rings. The van der Waals surface area contributed by atoms with Gasteiger partial charge in [0.15, 0.2) is 0 Å². The standard InChI is InChI=1S/C12H36F4N4Si6/c1-21(2,3)17-18(22(4,5)6)26(15,16)20(24(10,11)12)19(23(7,8)9)25(17,13)14/h1-12H3. The molecule has 1 aliphatic heterocycles. The molecule has 0 aromatic heterocycles. The fraction of sp³-hybridized carbons (Fsp3) is 1.00. The minimum atomic E-state index is -5.29. The van der Waals surface area contributed by atoms with Crippen LogP contribution in [0.1, 0.15) is 0 Å². The molecule has 0 aromatic carbocycles. The van der Waals surface area contributed by atoms with Crippen molar-refractivity contribution in [3.8, 4) is 0 Å². The third-order valence-electron chi connectivity index (χ3n) is 3.96. The van der Waals surface area contributed by atoms with Gasteiger partial charge in [0.25, 0.3) is 0 Å². The van der Waals surface area contributed by atoms with Crippen molar-refractivity contribution in [2.75, 3.05) is 0 Å². The van der Waals surface area contributed by atoms with Crippen molar-refractivity contribution in [3.63, 3.8) is 0 Å². The van der Waals surface area contributed by atoms with Crippen molar-refractivity contribution in [1.82, 2.24) is 17.4 Å². The minimum Gasteiger partial charge on any atom is -0.237 e. The molecule has 0 saturated carbocycles. The van der Waals surface area contributed by atoms with Gasteiger partial charge in [-0.05, 0) is 0 Å². The maximum atomic E-state index is 16.1. The molecule has 1 aliphatic rings. The second-order valence-electron chi connectivity index (χ2n) is 10.9. The summed E-state index contributed by atoms with van der Waals surface area (Å²) >= 11 is 0. The highest BCUT2D eigenvalue weighted by Gasteiger charge is 2.78. The normalized spacial score (nSPS) is 24.9. The summed E-state index contributed by atoms with van der Waals surface area (Å²) < 4.78 is 68.5. The maximum Gasteiger partial charge on any atom is 0.612 e. The summed E-state index contributed by atoms with van der Waals surface area (Å²) in [6, 6.07) is 0. The van der Waals surface area contributed by atoms with Crippen LogP contribution in [0.3, 0.4) is 0 Å². The van der Waals surface area contributed by atoms with Gasteiger partial charge in [0.05, 0.1) is 0 Å². The number of hydrogen-bond acceptors (Lipinski definition) is 4. The van der Waals surface area contributed by atoms with Crippen LogP contribution in [0.2, 0.25) is 78.6 Å². The SMILES string of the molecule is C[Si](C)(C)N1N([Si](C)(C)C)[Si](F)(F)N([Si](C)(C)C)N([Si](C)(C)C)[Si]1(F)F. The van der Waals surface area contributed by atoms with Crippen molar-refractivity contribution in [1.29, 1.82) is 0 Å². The van der Waals surface area contributed by atoms with Crippen molar-refractivity contribution < 1.29 is 16.4 Å². The van der Waals surface area contributed by atoms with Crippen molar-refractivity contribution in [2.24, 2.45) is 0 Å². The van der Waals surface area contributed by atoms with E-state index in [1.54, 1.807) is 78.6 Å². The number of nitrogens with zero attached hydrogens (tertiary/aromatic N) is 4. The fourth-order valence-corrected chi connectivity index (χ4v) is 31.9. The average molecular weight is 481 g/mol. The summed E-state index contributed by atoms with van der Waals surface area (Å²) in [5, 5.41) is 0. The van der Waals surface area contributed by atoms with E-state index in [1.807, 2.05) is 0 Å². The van der Waals surface area contributed by atoms with Gasteiger partial charge in [0.1, 0.15) is 32.9 Å². The predicted octanol–water partition coefficient (Wildman–Crippen LogP) is 5.13. The van der Waals surface area contributed by atoms with Crippen LogP contribution in [-0.2, 0) is 0 Å². The van der Waals surface area contributed by atoms with Gasteiger partial charge in [-0.25, -0.2) is 33.8 Å². The molecule has 1 fully saturated rings. The molecule has 0 aliphatic carbocycles. The first kappa shape index (κ1) is 24.9. The first-order valence-corrected chi connectivity index (χ1v) is 26.0. The largest absolute Gasteiger partial charge is 0.612 e. The summed E-state index contributed by atoms with van der Waals surface area (Å²) in [5.41, 5.74) is 0. The lowest BCUT2D eigenvalue weighted by atomic mass is 11.8. The van der Waals surface area contributed by atoms with Gasteiger partial charge >= 0.3 is 18.1 Å². The molecule has 1 rings (SSSR count). The van der Waals surface area contributed by atoms with Gasteiger partial charge < -0.3 is 0 Å². The van der Waals surface area contributed by atoms with E-state index in [0.29, 0.717) is 0 Å². The molecule has 0 radical (unpaired) electrons. The summed E-state index contributed by atoms with van der Waals surface area (Å²) in [6.07, 6.45) is 0. The van der Waals surface area contributed by atoms with Gasteiger partial charge in [-0.3, -0.25) is 0 Å². The topological polar surface area (TPSA) is 13.0 Å². The zero-order chi connectivity index (χ0) is 21.3. The van der Waals surface area contributed by atoms with E-state index in [2.05, 4.69) is 0 Å². The highest BCUT2D eigenvalue weighted by Crippen LogP contribution is 2.46. The Labute approximate surface area is 163 Å². The molecule has 0 unspecified atom stereocenters. The molecule has 156 valence electrons. The van der Waals surface area contributed by atoms with Crippen molar-refractivity contribution in [2.45, 2.75) is 78.6 Å². The maximum absolute atomic E-state index is 16.1. The molecule has 14 heteroatoms. The second kappa shape index (κ2) is 6.70. The van der Waals surface area contributed by atoms with E-state index in [0.717, 1.165) is 17.4 Å². The van der Waals surface area contributed by atoms with E-state index in [9.17, 15) is 0 Å². The third-order valence-corrected chi connectivity index (χ3v) is 25.6. The van der Waals surface area contributed by atoms with E-state index < -0.39 is 51.1 Å². The average Bonchev–Trinajstić information content (AvgIpc) is 2.24. The number of halogens is 4. The zero-order valence-electron chi connectivity index (χ0n) is 18.3. The lowest BCUT2D eigenvalue weighted by Gasteiger charge is -2.65. The van der Waals surface area contributed by atoms with Crippen LogP contribution < -0.4 is 0 Å². The van der Waals surface area contributed by atoms with Crippen LogP contribution in [0.5, 0.6) is 0 Å². The lowest BCUT2D eigenvalue weighted by Crippen LogP contribution is -2.95. The minimum absolute atomic E-state index is 0.993. The molecule has 0 amide bonds. The Hall–Kier alpha value is 0.861. The first-order chi connectivity index (χ1) is 11.0. The zero-order valence-corrected chi connectivity index (χ0v) is 24.3. The van der Waals surface area contributed by atoms with Crippen molar-refractivity contribution in [3.05, 3.63) is 0 Å². The Kier molecular flexibility index (Phi) is 6.41. The highest BCUT2D eigenvalue weighted by molar-refractivity contribution is 7.00. The molecule has 0 N–H and O–H groups in total. The van der Waals surface area contributed by atoms with Gasteiger partial charge in [-0.15, -0.1) is 0 Å². The number of hydrogen-bond donors (Lipinski definition) is 0. The van der Waals surface area contributed by atoms with Crippen molar-refractivity contribution >= 4 is 51.1 Å². The highest BCUT2D eigenvalue weighted by atomic mass is 28.5. The first-order valence-electron chi connectivity index (χ1n) is 8.94. The fourth-order valence-electron chi connectivity index (χ4n) is 3.47. The Bertz CT molecular complexity index is 446. The molecule has 0 spiro atoms. The number of hydrazine groups is 2. The molecule has 0 atom stereocenters. The Morgan fingerprint density at radius 3 is 0.577 bits per heavy atom. The van der Waals surface area contributed by atoms with Gasteiger partial charge in [0.2, 0.25) is 0 Å². The summed E-state index contributed by atoms with van der Waals surface area (Å²) in [4.78, 5) is 0. The van der Waals surface area contributed by atoms with Crippen LogP contribution in [0.4, 0.5) is 16.4 Å². The molecular weight excluding hydrogens is 445 g/mol. The van der Waals surface area contributed by atoms with Crippen LogP contribution in [0, 0.1) is 0 Å². The third kappa shape index (κ3) is 4.38. The summed E-state index contributed by atoms with van der Waals surface area (Å²) in [6.45, 7) is 21.1. The van der Waals surface area contributed by atoms with E-state index in [4.69, 9.17) is 0 Å². The van der Waals surface area contributed by atoms with Crippen LogP contribution in [0.15, 0.2) is 0 Å². The van der Waals surface area contributed by atoms with Gasteiger partial charge in [0, 0.05) is 0 Å². The quantitative estimate of drug-likeness (QED) is 0.314. The lowest BCUT2D eigenvalue weighted by molar-refractivity contribution is 0.0822. The number of rotatable bonds is 4. The van der Waals surface area contributed by atoms with E-state index in [-0.39, 0.29) is 0 Å². The van der Waals surface area contributed by atoms with Gasteiger partial charge in [-0.1, -0.05) is 78.6 Å². The van der Waals surface area contributed by atoms with Gasteiger partial charge in [-0.2, -0.15) is 0 Å². The summed E-state index contributed by atoms with van der Waals surface area (Å²) in [5.74, 6) is 0. The van der Waals surface area contributed by atoms with E-state index in [1.165, 1.54) is 0 Å². The monoisotopic (exact) mass is 480 g/mol. The Balaban J connectivity index is 3.94. The molecular formula is C12H36F4N4Si6. The Morgan fingerprint density at radius 1 is 0.385 bits per heavy atom. The van der Waals surface area contributed by atoms with E-state index >= 15 is 16.4 Å². The Morgan fingerprint density at radius 2 is 0.500 bits per heavy atom. The van der Waals surface area contributed by atoms with Crippen LogP contribution in [-0.4, -0.2) is 68.4 Å². The second-order valence-corrected chi connectivity index (χ2v) is 35.5. The smallest absolute Gasteiger partial charge is 0.237 e. The predicted molar refractivity (Wildman–Crippen MR) is 117 cm³/mol. The van der Waals surface area contributed by atoms with Crippen LogP contribution in [0.25, 0.3) is 0 Å². The van der Waals surface area contributed by atoms with Crippen LogP contribution >= 0.6 is 0 Å². The molecule has 4 nitrogen and oxygen atoms in total. The molecule has 1 saturated heterocycles. The molecule has 1 heterocycles. The summed E-state index contributed by atoms with van der Waals surface area (Å²) in [7, 11) is -21.5. The molecule has 0 bridgehead atoms. The molecule has 26 heavy (non-hydrogen) atoms.